The van der Waals surface area contributed by atoms with Gasteiger partial charge in [-0.2, -0.15) is 0 Å². The van der Waals surface area contributed by atoms with Crippen LogP contribution in [0.25, 0.3) is 22.3 Å². The van der Waals surface area contributed by atoms with Crippen LogP contribution in [0.15, 0.2) is 97.1 Å². The van der Waals surface area contributed by atoms with Crippen LogP contribution >= 0.6 is 0 Å². The number of benzene rings is 5. The van der Waals surface area contributed by atoms with Gasteiger partial charge >= 0.3 is 0 Å². The molecule has 0 aliphatic heterocycles. The summed E-state index contributed by atoms with van der Waals surface area (Å²) in [5, 5.41) is 0. The highest BCUT2D eigenvalue weighted by Crippen LogP contribution is 2.29. The van der Waals surface area contributed by atoms with Crippen LogP contribution in [0.1, 0.15) is 100 Å². The summed E-state index contributed by atoms with van der Waals surface area (Å²) in [4.78, 5) is 0. The Morgan fingerprint density at radius 3 is 1.15 bits per heavy atom. The first-order chi connectivity index (χ1) is 22.2. The van der Waals surface area contributed by atoms with E-state index in [4.69, 9.17) is 0 Å². The Balaban J connectivity index is 1.62. The van der Waals surface area contributed by atoms with E-state index in [1.807, 2.05) is 0 Å². The molecule has 0 N–H and O–H groups in total. The maximum Gasteiger partial charge on any atom is 0.242 e. The fourth-order valence-electron chi connectivity index (χ4n) is 7.25. The molecule has 0 aliphatic carbocycles. The minimum atomic E-state index is 0.147. The number of unbranched alkanes of at least 4 members (excludes halogenated alkanes) is 1. The molecular weight excluding hydrogens is 563 g/mol. The van der Waals surface area contributed by atoms with Crippen LogP contribution in [-0.2, 0) is 17.3 Å². The first-order valence-electron chi connectivity index (χ1n) is 17.7. The number of hydrogen-bond acceptors (Lipinski definition) is 0. The number of aryl methyl sites for hydroxylation is 5. The fourth-order valence-corrected chi connectivity index (χ4v) is 7.25. The average Bonchev–Trinajstić information content (AvgIpc) is 3.02. The van der Waals surface area contributed by atoms with Gasteiger partial charge in [0.25, 0.3) is 0 Å². The van der Waals surface area contributed by atoms with E-state index in [0.717, 1.165) is 6.42 Å². The van der Waals surface area contributed by atoms with Gasteiger partial charge in [0.1, 0.15) is 0 Å². The van der Waals surface area contributed by atoms with Crippen molar-refractivity contribution in [3.63, 3.8) is 0 Å². The molecular formula is C46H55B. The SMILES string of the molecule is CCCCc1ccc(B(c2c(C)cc(-c3ccc(C(C)(C)C)cc3)cc2C)c2c(C)cc(-c3ccc(C(C)(C)C)cc3)cc2C)cc1. The normalized spacial score (nSPS) is 12.0. The van der Waals surface area contributed by atoms with E-state index in [1.165, 1.54) is 90.4 Å². The highest BCUT2D eigenvalue weighted by molar-refractivity contribution is 6.96. The Morgan fingerprint density at radius 1 is 0.468 bits per heavy atom. The van der Waals surface area contributed by atoms with Gasteiger partial charge in [-0.15, -0.1) is 0 Å². The zero-order chi connectivity index (χ0) is 34.1. The van der Waals surface area contributed by atoms with E-state index in [0.29, 0.717) is 0 Å². The van der Waals surface area contributed by atoms with Gasteiger partial charge in [0.2, 0.25) is 6.71 Å². The van der Waals surface area contributed by atoms with Gasteiger partial charge in [0, 0.05) is 0 Å². The Bertz CT molecular complexity index is 1660. The van der Waals surface area contributed by atoms with Gasteiger partial charge in [-0.25, -0.2) is 0 Å². The lowest BCUT2D eigenvalue weighted by Gasteiger charge is -2.25. The summed E-state index contributed by atoms with van der Waals surface area (Å²) in [5.41, 5.74) is 19.2. The van der Waals surface area contributed by atoms with E-state index >= 15 is 0 Å². The van der Waals surface area contributed by atoms with Gasteiger partial charge in [-0.1, -0.05) is 191 Å². The van der Waals surface area contributed by atoms with Crippen molar-refractivity contribution in [3.05, 3.63) is 136 Å². The van der Waals surface area contributed by atoms with Crippen molar-refractivity contribution in [1.29, 1.82) is 0 Å². The molecule has 0 unspecified atom stereocenters. The van der Waals surface area contributed by atoms with Gasteiger partial charge in [0.15, 0.2) is 0 Å². The zero-order valence-corrected chi connectivity index (χ0v) is 30.9. The molecule has 0 spiro atoms. The zero-order valence-electron chi connectivity index (χ0n) is 30.9. The number of rotatable bonds is 8. The lowest BCUT2D eigenvalue weighted by Crippen LogP contribution is -2.55. The summed E-state index contributed by atoms with van der Waals surface area (Å²) in [6, 6.07) is 37.5. The summed E-state index contributed by atoms with van der Waals surface area (Å²) < 4.78 is 0. The Kier molecular flexibility index (Phi) is 10.1. The Hall–Kier alpha value is -3.84. The molecule has 0 saturated heterocycles. The largest absolute Gasteiger partial charge is 0.242 e. The predicted molar refractivity (Wildman–Crippen MR) is 210 cm³/mol. The smallest absolute Gasteiger partial charge is 0.0686 e. The van der Waals surface area contributed by atoms with E-state index in [9.17, 15) is 0 Å². The highest BCUT2D eigenvalue weighted by atomic mass is 14.2. The maximum absolute atomic E-state index is 2.41. The van der Waals surface area contributed by atoms with Crippen LogP contribution in [-0.4, -0.2) is 6.71 Å². The predicted octanol–water partition coefficient (Wildman–Crippen LogP) is 10.7. The van der Waals surface area contributed by atoms with E-state index in [1.54, 1.807) is 0 Å². The standard InChI is InChI=1S/C46H55B/c1-12-13-14-35-15-25-42(26-16-35)47(43-31(2)27-38(28-32(43)3)36-17-21-40(22-18-36)45(6,7)8)44-33(4)29-39(30-34(44)5)37-19-23-41(24-20-37)46(9,10)11/h15-30H,12-14H2,1-11H3. The molecule has 0 aliphatic rings. The topological polar surface area (TPSA) is 0 Å². The van der Waals surface area contributed by atoms with Crippen molar-refractivity contribution >= 4 is 23.1 Å². The molecule has 0 heterocycles. The van der Waals surface area contributed by atoms with Crippen molar-refractivity contribution in [2.45, 2.75) is 106 Å². The van der Waals surface area contributed by atoms with Crippen LogP contribution in [0, 0.1) is 27.7 Å². The van der Waals surface area contributed by atoms with Gasteiger partial charge in [-0.05, 0) is 90.3 Å². The van der Waals surface area contributed by atoms with Crippen molar-refractivity contribution in [2.24, 2.45) is 0 Å². The maximum atomic E-state index is 2.41. The molecule has 0 atom stereocenters. The Labute approximate surface area is 286 Å². The first-order valence-corrected chi connectivity index (χ1v) is 17.7. The van der Waals surface area contributed by atoms with Crippen molar-refractivity contribution in [3.8, 4) is 22.3 Å². The summed E-state index contributed by atoms with van der Waals surface area (Å²) >= 11 is 0. The average molecular weight is 619 g/mol. The first kappa shape index (κ1) is 34.5. The lowest BCUT2D eigenvalue weighted by molar-refractivity contribution is 0.590. The third kappa shape index (κ3) is 7.67. The van der Waals surface area contributed by atoms with Crippen LogP contribution in [0.5, 0.6) is 0 Å². The molecule has 0 nitrogen and oxygen atoms in total. The third-order valence-corrected chi connectivity index (χ3v) is 10.1. The van der Waals surface area contributed by atoms with Crippen LogP contribution in [0.4, 0.5) is 0 Å². The quantitative estimate of drug-likeness (QED) is 0.152. The monoisotopic (exact) mass is 618 g/mol. The van der Waals surface area contributed by atoms with Gasteiger partial charge in [0.05, 0.1) is 0 Å². The van der Waals surface area contributed by atoms with Crippen molar-refractivity contribution in [1.82, 2.24) is 0 Å². The fraction of sp³-hybridized carbons (Fsp3) is 0.348. The second kappa shape index (κ2) is 13.7. The van der Waals surface area contributed by atoms with Crippen LogP contribution < -0.4 is 16.4 Å². The summed E-state index contributed by atoms with van der Waals surface area (Å²) in [6.45, 7) is 25.4. The molecule has 0 amide bonds. The van der Waals surface area contributed by atoms with E-state index in [-0.39, 0.29) is 17.5 Å². The van der Waals surface area contributed by atoms with Crippen molar-refractivity contribution < 1.29 is 0 Å². The summed E-state index contributed by atoms with van der Waals surface area (Å²) in [6.07, 6.45) is 3.59. The molecule has 5 aromatic rings. The van der Waals surface area contributed by atoms with Gasteiger partial charge in [-0.3, -0.25) is 0 Å². The molecule has 47 heavy (non-hydrogen) atoms. The lowest BCUT2D eigenvalue weighted by atomic mass is 9.34. The van der Waals surface area contributed by atoms with E-state index in [2.05, 4.69) is 173 Å². The molecule has 0 saturated carbocycles. The molecule has 0 bridgehead atoms. The third-order valence-electron chi connectivity index (χ3n) is 10.1. The Morgan fingerprint density at radius 2 is 0.830 bits per heavy atom. The highest BCUT2D eigenvalue weighted by Gasteiger charge is 2.29. The molecule has 1 heteroatoms. The molecule has 5 rings (SSSR count). The minimum Gasteiger partial charge on any atom is -0.0686 e. The molecule has 242 valence electrons. The molecule has 0 fully saturated rings. The summed E-state index contributed by atoms with van der Waals surface area (Å²) in [7, 11) is 0. The second-order valence-electron chi connectivity index (χ2n) is 16.0. The van der Waals surface area contributed by atoms with E-state index < -0.39 is 0 Å². The minimum absolute atomic E-state index is 0.147. The summed E-state index contributed by atoms with van der Waals surface area (Å²) in [5.74, 6) is 0. The van der Waals surface area contributed by atoms with Crippen molar-refractivity contribution in [2.75, 3.05) is 0 Å². The molecule has 5 aromatic carbocycles. The molecule has 0 aromatic heterocycles. The number of hydrogen-bond donors (Lipinski definition) is 0. The van der Waals surface area contributed by atoms with Gasteiger partial charge < -0.3 is 0 Å². The van der Waals surface area contributed by atoms with Crippen LogP contribution in [0.2, 0.25) is 0 Å². The van der Waals surface area contributed by atoms with Crippen LogP contribution in [0.3, 0.4) is 0 Å². The molecule has 0 radical (unpaired) electrons. The second-order valence-corrected chi connectivity index (χ2v) is 16.0.